The summed E-state index contributed by atoms with van der Waals surface area (Å²) in [6, 6.07) is 2.27. The molecule has 114 valence electrons. The van der Waals surface area contributed by atoms with Crippen molar-refractivity contribution in [3.05, 3.63) is 35.4 Å². The molecule has 0 saturated carbocycles. The summed E-state index contributed by atoms with van der Waals surface area (Å²) >= 11 is 4.63. The summed E-state index contributed by atoms with van der Waals surface area (Å²) in [5.41, 5.74) is 0.0314. The van der Waals surface area contributed by atoms with E-state index in [9.17, 15) is 13.6 Å². The molecule has 1 aromatic rings. The third kappa shape index (κ3) is 3.40. The van der Waals surface area contributed by atoms with Gasteiger partial charge in [0.15, 0.2) is 0 Å². The highest BCUT2D eigenvalue weighted by Gasteiger charge is 2.29. The average molecular weight is 378 g/mol. The molecule has 0 fully saturated rings. The van der Waals surface area contributed by atoms with Crippen molar-refractivity contribution in [2.75, 3.05) is 19.2 Å². The van der Waals surface area contributed by atoms with Gasteiger partial charge in [0.1, 0.15) is 23.3 Å². The van der Waals surface area contributed by atoms with Gasteiger partial charge >= 0.3 is 0 Å². The summed E-state index contributed by atoms with van der Waals surface area (Å²) in [4.78, 5) is 12.8. The average Bonchev–Trinajstić information content (AvgIpc) is 2.44. The molecule has 0 radical (unpaired) electrons. The van der Waals surface area contributed by atoms with Gasteiger partial charge in [0, 0.05) is 19.2 Å². The summed E-state index contributed by atoms with van der Waals surface area (Å²) < 4.78 is 33.6. The minimum Gasteiger partial charge on any atom is -0.483 e. The van der Waals surface area contributed by atoms with Crippen LogP contribution in [0.1, 0.15) is 12.0 Å². The zero-order chi connectivity index (χ0) is 15.6. The number of carbonyl (C=O) groups excluding carboxylic acids is 1. The molecule has 1 aliphatic heterocycles. The molecule has 3 nitrogen and oxygen atoms in total. The lowest BCUT2D eigenvalue weighted by molar-refractivity contribution is -0.126. The number of alkyl halides is 1. The van der Waals surface area contributed by atoms with Crippen molar-refractivity contribution in [2.24, 2.45) is 0 Å². The lowest BCUT2D eigenvalue weighted by atomic mass is 10.0. The lowest BCUT2D eigenvalue weighted by Gasteiger charge is -2.28. The molecule has 1 aromatic carbocycles. The lowest BCUT2D eigenvalue weighted by Crippen LogP contribution is -2.35. The number of amides is 1. The van der Waals surface area contributed by atoms with E-state index >= 15 is 0 Å². The van der Waals surface area contributed by atoms with E-state index in [0.29, 0.717) is 12.4 Å². The zero-order valence-corrected chi connectivity index (χ0v) is 13.9. The molecule has 0 saturated heterocycles. The summed E-state index contributed by atoms with van der Waals surface area (Å²) in [6.45, 7) is 0. The molecule has 0 aromatic heterocycles. The Bertz CT molecular complexity index is 571. The van der Waals surface area contributed by atoms with Crippen LogP contribution in [0.3, 0.4) is 0 Å². The summed E-state index contributed by atoms with van der Waals surface area (Å²) in [6.07, 6.45) is 3.86. The highest BCUT2D eigenvalue weighted by Crippen LogP contribution is 2.32. The normalized spacial score (nSPS) is 18.7. The number of rotatable bonds is 4. The summed E-state index contributed by atoms with van der Waals surface area (Å²) in [7, 11) is 1.50. The zero-order valence-electron chi connectivity index (χ0n) is 11.5. The Morgan fingerprint density at radius 2 is 2.05 bits per heavy atom. The SMILES string of the molecule is CSCOc1cc(F)c(C2=CCC(Br)C(=O)N2C)c(F)c1. The van der Waals surface area contributed by atoms with Crippen LogP contribution in [0.25, 0.3) is 5.70 Å². The van der Waals surface area contributed by atoms with E-state index in [2.05, 4.69) is 15.9 Å². The number of ether oxygens (including phenoxy) is 1. The van der Waals surface area contributed by atoms with Crippen LogP contribution in [0.2, 0.25) is 0 Å². The maximum atomic E-state index is 14.2. The Morgan fingerprint density at radius 3 is 2.62 bits per heavy atom. The first-order valence-electron chi connectivity index (χ1n) is 6.18. The third-order valence-corrected chi connectivity index (χ3v) is 4.21. The van der Waals surface area contributed by atoms with Gasteiger partial charge in [-0.2, -0.15) is 0 Å². The number of thioether (sulfide) groups is 1. The van der Waals surface area contributed by atoms with Crippen LogP contribution < -0.4 is 4.74 Å². The molecular weight excluding hydrogens is 364 g/mol. The van der Waals surface area contributed by atoms with E-state index in [-0.39, 0.29) is 27.7 Å². The first-order valence-corrected chi connectivity index (χ1v) is 8.49. The molecule has 1 heterocycles. The second-order valence-corrected chi connectivity index (χ2v) is 6.42. The Kier molecular flexibility index (Phi) is 5.27. The van der Waals surface area contributed by atoms with Crippen molar-refractivity contribution >= 4 is 39.3 Å². The second-order valence-electron chi connectivity index (χ2n) is 4.50. The molecule has 7 heteroatoms. The van der Waals surface area contributed by atoms with Gasteiger partial charge in [0.05, 0.1) is 16.1 Å². The molecule has 21 heavy (non-hydrogen) atoms. The van der Waals surface area contributed by atoms with Crippen molar-refractivity contribution in [1.82, 2.24) is 4.90 Å². The van der Waals surface area contributed by atoms with E-state index in [1.807, 2.05) is 6.26 Å². The highest BCUT2D eigenvalue weighted by molar-refractivity contribution is 9.10. The van der Waals surface area contributed by atoms with Gasteiger partial charge in [-0.3, -0.25) is 4.79 Å². The van der Waals surface area contributed by atoms with Crippen molar-refractivity contribution in [3.63, 3.8) is 0 Å². The third-order valence-electron chi connectivity index (χ3n) is 3.09. The molecule has 1 atom stereocenters. The fraction of sp³-hybridized carbons (Fsp3) is 0.357. The van der Waals surface area contributed by atoms with Crippen LogP contribution >= 0.6 is 27.7 Å². The summed E-state index contributed by atoms with van der Waals surface area (Å²) in [5.74, 6) is -1.28. The second kappa shape index (κ2) is 6.79. The van der Waals surface area contributed by atoms with Crippen molar-refractivity contribution in [1.29, 1.82) is 0 Å². The molecule has 0 aliphatic carbocycles. The number of hydrogen-bond acceptors (Lipinski definition) is 3. The van der Waals surface area contributed by atoms with Crippen LogP contribution in [0.15, 0.2) is 18.2 Å². The van der Waals surface area contributed by atoms with Crippen molar-refractivity contribution in [3.8, 4) is 5.75 Å². The maximum absolute atomic E-state index is 14.2. The molecule has 1 amide bonds. The van der Waals surface area contributed by atoms with E-state index in [0.717, 1.165) is 12.1 Å². The molecule has 0 spiro atoms. The monoisotopic (exact) mass is 377 g/mol. The van der Waals surface area contributed by atoms with Crippen LogP contribution in [0.4, 0.5) is 8.78 Å². The molecule has 0 N–H and O–H groups in total. The molecule has 1 unspecified atom stereocenters. The van der Waals surface area contributed by atoms with E-state index in [4.69, 9.17) is 4.74 Å². The smallest absolute Gasteiger partial charge is 0.240 e. The van der Waals surface area contributed by atoms with Crippen LogP contribution in [-0.2, 0) is 4.79 Å². The predicted molar refractivity (Wildman–Crippen MR) is 83.4 cm³/mol. The summed E-state index contributed by atoms with van der Waals surface area (Å²) in [5, 5.41) is 0. The van der Waals surface area contributed by atoms with E-state index in [1.54, 1.807) is 6.08 Å². The van der Waals surface area contributed by atoms with Crippen LogP contribution in [0.5, 0.6) is 5.75 Å². The minimum atomic E-state index is -0.745. The van der Waals surface area contributed by atoms with Crippen LogP contribution in [-0.4, -0.2) is 34.9 Å². The number of carbonyl (C=O) groups is 1. The van der Waals surface area contributed by atoms with E-state index in [1.165, 1.54) is 23.7 Å². The number of nitrogens with zero attached hydrogens (tertiary/aromatic N) is 1. The van der Waals surface area contributed by atoms with Gasteiger partial charge in [-0.25, -0.2) is 8.78 Å². The van der Waals surface area contributed by atoms with Crippen molar-refractivity contribution < 1.29 is 18.3 Å². The number of benzene rings is 1. The molecular formula is C14H14BrF2NO2S. The van der Waals surface area contributed by atoms with Crippen molar-refractivity contribution in [2.45, 2.75) is 11.2 Å². The highest BCUT2D eigenvalue weighted by atomic mass is 79.9. The predicted octanol–water partition coefficient (Wildman–Crippen LogP) is 3.63. The first kappa shape index (κ1) is 16.3. The van der Waals surface area contributed by atoms with Gasteiger partial charge < -0.3 is 9.64 Å². The Labute approximate surface area is 134 Å². The fourth-order valence-electron chi connectivity index (χ4n) is 2.06. The van der Waals surface area contributed by atoms with Gasteiger partial charge in [0.25, 0.3) is 0 Å². The molecule has 0 bridgehead atoms. The molecule has 2 rings (SSSR count). The van der Waals surface area contributed by atoms with Gasteiger partial charge in [0.2, 0.25) is 5.91 Å². The Balaban J connectivity index is 2.38. The standard InChI is InChI=1S/C14H14BrF2NO2S/c1-18-12(4-3-9(15)14(18)19)13-10(16)5-8(6-11(13)17)20-7-21-2/h4-6,9H,3,7H2,1-2H3. The van der Waals surface area contributed by atoms with Crippen LogP contribution in [0, 0.1) is 11.6 Å². The topological polar surface area (TPSA) is 29.5 Å². The Hall–Kier alpha value is -1.08. The quantitative estimate of drug-likeness (QED) is 0.592. The maximum Gasteiger partial charge on any atom is 0.240 e. The number of allylic oxidation sites excluding steroid dienone is 1. The van der Waals surface area contributed by atoms with Gasteiger partial charge in [-0.05, 0) is 12.7 Å². The first-order chi connectivity index (χ1) is 9.95. The largest absolute Gasteiger partial charge is 0.483 e. The van der Waals surface area contributed by atoms with Gasteiger partial charge in [-0.15, -0.1) is 11.8 Å². The molecule has 1 aliphatic rings. The van der Waals surface area contributed by atoms with E-state index < -0.39 is 11.6 Å². The van der Waals surface area contributed by atoms with Gasteiger partial charge in [-0.1, -0.05) is 22.0 Å². The number of halogens is 3. The number of hydrogen-bond donors (Lipinski definition) is 0. The minimum absolute atomic E-state index is 0.131. The Morgan fingerprint density at radius 1 is 1.43 bits per heavy atom. The fourth-order valence-corrected chi connectivity index (χ4v) is 2.80.